The number of hydrogen-bond donors (Lipinski definition) is 0. The summed E-state index contributed by atoms with van der Waals surface area (Å²) >= 11 is 5.12. The van der Waals surface area contributed by atoms with Crippen LogP contribution in [0, 0.1) is 6.92 Å². The van der Waals surface area contributed by atoms with Gasteiger partial charge in [0.05, 0.1) is 11.1 Å². The van der Waals surface area contributed by atoms with E-state index in [1.54, 1.807) is 34.0 Å². The van der Waals surface area contributed by atoms with Crippen molar-refractivity contribution in [2.45, 2.75) is 20.8 Å². The molecule has 0 fully saturated rings. The van der Waals surface area contributed by atoms with E-state index in [0.717, 1.165) is 66.8 Å². The van der Waals surface area contributed by atoms with Gasteiger partial charge in [0, 0.05) is 64.5 Å². The third-order valence-corrected chi connectivity index (χ3v) is 13.3. The minimum atomic E-state index is -0.324. The Balaban J connectivity index is 0.978. The Labute approximate surface area is 305 Å². The van der Waals surface area contributed by atoms with Crippen LogP contribution in [0.5, 0.6) is 0 Å². The highest BCUT2D eigenvalue weighted by molar-refractivity contribution is 7.32. The lowest BCUT2D eigenvalue weighted by Crippen LogP contribution is -2.21. The number of anilines is 1. The fourth-order valence-corrected chi connectivity index (χ4v) is 10.5. The molecular weight excluding hydrogens is 691 g/mol. The molecule has 5 aromatic heterocycles. The summed E-state index contributed by atoms with van der Waals surface area (Å²) in [7, 11) is 0. The Morgan fingerprint density at radius 2 is 1.24 bits per heavy atom. The van der Waals surface area contributed by atoms with E-state index in [1.165, 1.54) is 19.2 Å². The molecule has 0 spiro atoms. The zero-order valence-corrected chi connectivity index (χ0v) is 30.6. The normalized spacial score (nSPS) is 11.7. The number of benzene rings is 4. The van der Waals surface area contributed by atoms with E-state index in [4.69, 9.17) is 8.83 Å². The molecule has 0 unspecified atom stereocenters. The van der Waals surface area contributed by atoms with E-state index < -0.39 is 0 Å². The van der Waals surface area contributed by atoms with E-state index in [2.05, 4.69) is 73.3 Å². The molecule has 0 amide bonds. The average Bonchev–Trinajstić information content (AvgIpc) is 3.88. The SMILES string of the molecule is CCN(CC)c1ccc2c(C)c(-c3ccc(-c4cc5sc(-c6ccc(-c7cc8cc9ccccc9cc8oc7=O)s6)cc5s4)cc3)c(=O)oc2c1. The largest absolute Gasteiger partial charge is 0.422 e. The van der Waals surface area contributed by atoms with Crippen molar-refractivity contribution < 1.29 is 8.83 Å². The van der Waals surface area contributed by atoms with Crippen LogP contribution in [0.2, 0.25) is 0 Å². The second-order valence-corrected chi connectivity index (χ2v) is 15.9. The first-order valence-electron chi connectivity index (χ1n) is 16.9. The van der Waals surface area contributed by atoms with Gasteiger partial charge in [0.2, 0.25) is 0 Å². The number of fused-ring (bicyclic) bond motifs is 4. The van der Waals surface area contributed by atoms with Crippen LogP contribution in [0.4, 0.5) is 5.69 Å². The smallest absolute Gasteiger partial charge is 0.345 e. The van der Waals surface area contributed by atoms with Crippen molar-refractivity contribution in [2.75, 3.05) is 18.0 Å². The van der Waals surface area contributed by atoms with Crippen molar-refractivity contribution in [1.29, 1.82) is 0 Å². The van der Waals surface area contributed by atoms with Gasteiger partial charge in [0.25, 0.3) is 0 Å². The van der Waals surface area contributed by atoms with Gasteiger partial charge >= 0.3 is 11.3 Å². The summed E-state index contributed by atoms with van der Waals surface area (Å²) in [6.07, 6.45) is 0. The minimum absolute atomic E-state index is 0.319. The van der Waals surface area contributed by atoms with Gasteiger partial charge in [-0.15, -0.1) is 34.0 Å². The summed E-state index contributed by atoms with van der Waals surface area (Å²) in [5.41, 5.74) is 5.70. The monoisotopic (exact) mass is 721 g/mol. The lowest BCUT2D eigenvalue weighted by atomic mass is 9.98. The predicted octanol–water partition coefficient (Wildman–Crippen LogP) is 12.2. The maximum atomic E-state index is 13.3. The number of thiophene rings is 3. The molecule has 0 radical (unpaired) electrons. The maximum Gasteiger partial charge on any atom is 0.345 e. The highest BCUT2D eigenvalue weighted by atomic mass is 32.1. The predicted molar refractivity (Wildman–Crippen MR) is 217 cm³/mol. The lowest BCUT2D eigenvalue weighted by Gasteiger charge is -2.21. The fraction of sp³-hybridized carbons (Fsp3) is 0.116. The summed E-state index contributed by atoms with van der Waals surface area (Å²) in [4.78, 5) is 32.9. The summed E-state index contributed by atoms with van der Waals surface area (Å²) < 4.78 is 14.1. The van der Waals surface area contributed by atoms with Crippen LogP contribution in [-0.4, -0.2) is 13.1 Å². The fourth-order valence-electron chi connectivity index (χ4n) is 6.96. The standard InChI is InChI=1S/C43H31NO4S3/c1-4-44(5-2)30-14-15-31-24(3)41(43(46)48-34(31)21-30)26-12-10-25(11-13-26)37-22-39-40(50-37)23-38(51-39)36-17-16-35(49-36)32-19-29-18-27-8-6-7-9-28(27)20-33(29)47-42(32)45/h6-23H,4-5H2,1-3H3. The van der Waals surface area contributed by atoms with Crippen LogP contribution in [-0.2, 0) is 0 Å². The Morgan fingerprint density at radius 1 is 0.569 bits per heavy atom. The molecule has 0 saturated heterocycles. The molecule has 8 heteroatoms. The molecule has 4 aromatic carbocycles. The molecular formula is C43H31NO4S3. The van der Waals surface area contributed by atoms with Crippen LogP contribution in [0.15, 0.2) is 128 Å². The number of aryl methyl sites for hydroxylation is 1. The van der Waals surface area contributed by atoms with E-state index >= 15 is 0 Å². The van der Waals surface area contributed by atoms with Gasteiger partial charge < -0.3 is 13.7 Å². The van der Waals surface area contributed by atoms with Crippen LogP contribution < -0.4 is 16.2 Å². The topological polar surface area (TPSA) is 63.7 Å². The van der Waals surface area contributed by atoms with E-state index in [1.807, 2.05) is 61.5 Å². The van der Waals surface area contributed by atoms with E-state index in [-0.39, 0.29) is 11.3 Å². The molecule has 0 N–H and O–H groups in total. The van der Waals surface area contributed by atoms with Crippen molar-refractivity contribution in [1.82, 2.24) is 0 Å². The highest BCUT2D eigenvalue weighted by Gasteiger charge is 2.17. The van der Waals surface area contributed by atoms with Crippen LogP contribution in [0.1, 0.15) is 19.4 Å². The first-order chi connectivity index (χ1) is 24.9. The van der Waals surface area contributed by atoms with Crippen molar-refractivity contribution in [3.05, 3.63) is 136 Å². The summed E-state index contributed by atoms with van der Waals surface area (Å²) in [6.45, 7) is 8.02. The summed E-state index contributed by atoms with van der Waals surface area (Å²) in [5.74, 6) is 0. The Morgan fingerprint density at radius 3 is 2.00 bits per heavy atom. The number of nitrogens with zero attached hydrogens (tertiary/aromatic N) is 1. The molecule has 0 aliphatic carbocycles. The first-order valence-corrected chi connectivity index (χ1v) is 19.4. The van der Waals surface area contributed by atoms with Gasteiger partial charge in [-0.1, -0.05) is 48.5 Å². The third-order valence-electron chi connectivity index (χ3n) is 9.66. The molecule has 0 aliphatic rings. The molecule has 0 atom stereocenters. The Hall–Kier alpha value is -5.28. The number of rotatable bonds is 7. The molecule has 9 rings (SSSR count). The minimum Gasteiger partial charge on any atom is -0.422 e. The van der Waals surface area contributed by atoms with Crippen molar-refractivity contribution in [2.24, 2.45) is 0 Å². The molecule has 0 bridgehead atoms. The van der Waals surface area contributed by atoms with Crippen LogP contribution in [0.25, 0.3) is 83.9 Å². The van der Waals surface area contributed by atoms with Crippen molar-refractivity contribution in [3.8, 4) is 41.8 Å². The maximum absolute atomic E-state index is 13.3. The zero-order chi connectivity index (χ0) is 34.8. The second-order valence-electron chi connectivity index (χ2n) is 12.6. The Bertz CT molecular complexity index is 2870. The quantitative estimate of drug-likeness (QED) is 0.121. The van der Waals surface area contributed by atoms with E-state index in [9.17, 15) is 9.59 Å². The molecule has 5 nitrogen and oxygen atoms in total. The molecule has 250 valence electrons. The lowest BCUT2D eigenvalue weighted by molar-refractivity contribution is 0.562. The first kappa shape index (κ1) is 31.7. The van der Waals surface area contributed by atoms with Crippen molar-refractivity contribution in [3.63, 3.8) is 0 Å². The summed E-state index contributed by atoms with van der Waals surface area (Å²) in [6, 6.07) is 37.0. The van der Waals surface area contributed by atoms with Gasteiger partial charge in [0.15, 0.2) is 0 Å². The van der Waals surface area contributed by atoms with Crippen LogP contribution in [0.3, 0.4) is 0 Å². The van der Waals surface area contributed by atoms with Crippen LogP contribution >= 0.6 is 34.0 Å². The average molecular weight is 722 g/mol. The molecule has 9 aromatic rings. The van der Waals surface area contributed by atoms with Gasteiger partial charge in [0.1, 0.15) is 11.2 Å². The second kappa shape index (κ2) is 12.5. The molecule has 0 saturated carbocycles. The Kier molecular flexibility index (Phi) is 7.76. The van der Waals surface area contributed by atoms with Gasteiger partial charge in [-0.3, -0.25) is 0 Å². The highest BCUT2D eigenvalue weighted by Crippen LogP contribution is 2.45. The van der Waals surface area contributed by atoms with Gasteiger partial charge in [-0.2, -0.15) is 0 Å². The van der Waals surface area contributed by atoms with Gasteiger partial charge in [-0.25, -0.2) is 9.59 Å². The van der Waals surface area contributed by atoms with E-state index in [0.29, 0.717) is 22.3 Å². The zero-order valence-electron chi connectivity index (χ0n) is 28.1. The van der Waals surface area contributed by atoms with Gasteiger partial charge in [-0.05, 0) is 103 Å². The molecule has 5 heterocycles. The third kappa shape index (κ3) is 5.51. The summed E-state index contributed by atoms with van der Waals surface area (Å²) in [5, 5.41) is 4.02. The van der Waals surface area contributed by atoms with Crippen molar-refractivity contribution >= 4 is 81.8 Å². The molecule has 51 heavy (non-hydrogen) atoms. The number of hydrogen-bond acceptors (Lipinski definition) is 8. The molecule has 0 aliphatic heterocycles.